The number of hydrogen-bond donors (Lipinski definition) is 1. The molecule has 94 valence electrons. The van der Waals surface area contributed by atoms with E-state index in [0.717, 1.165) is 0 Å². The molecule has 1 aromatic carbocycles. The molecule has 0 amide bonds. The summed E-state index contributed by atoms with van der Waals surface area (Å²) < 4.78 is 0. The maximum absolute atomic E-state index is 3.66. The van der Waals surface area contributed by atoms with Crippen LogP contribution in [0, 0.1) is 6.92 Å². The molecule has 0 radical (unpaired) electrons. The van der Waals surface area contributed by atoms with E-state index in [0.29, 0.717) is 6.04 Å². The third-order valence-corrected chi connectivity index (χ3v) is 5.11. The van der Waals surface area contributed by atoms with Crippen molar-refractivity contribution in [2.24, 2.45) is 0 Å². The Bertz CT molecular complexity index is 384. The molecule has 0 aliphatic carbocycles. The van der Waals surface area contributed by atoms with Crippen LogP contribution < -0.4 is 5.32 Å². The van der Waals surface area contributed by atoms with Crippen LogP contribution in [0.25, 0.3) is 0 Å². The fraction of sp³-hybridized carbons (Fsp3) is 0.571. The normalized spacial score (nSPS) is 20.5. The summed E-state index contributed by atoms with van der Waals surface area (Å²) in [6.07, 6.45) is 8.31. The number of hydrogen-bond acceptors (Lipinski definition) is 3. The topological polar surface area (TPSA) is 12.0 Å². The molecule has 0 saturated carbocycles. The fourth-order valence-electron chi connectivity index (χ4n) is 2.46. The molecule has 1 atom stereocenters. The first-order chi connectivity index (χ1) is 8.26. The van der Waals surface area contributed by atoms with Crippen molar-refractivity contribution in [3.8, 4) is 0 Å². The largest absolute Gasteiger partial charge is 0.310 e. The van der Waals surface area contributed by atoms with Gasteiger partial charge in [0.25, 0.3) is 0 Å². The van der Waals surface area contributed by atoms with E-state index in [2.05, 4.69) is 36.9 Å². The summed E-state index contributed by atoms with van der Waals surface area (Å²) in [6.45, 7) is 3.38. The summed E-state index contributed by atoms with van der Waals surface area (Å²) in [5.41, 5.74) is 2.91. The van der Waals surface area contributed by atoms with Gasteiger partial charge in [-0.3, -0.25) is 0 Å². The molecular weight excluding hydrogens is 246 g/mol. The molecule has 3 heteroatoms. The lowest BCUT2D eigenvalue weighted by molar-refractivity contribution is 0.408. The molecule has 0 aromatic heterocycles. The van der Waals surface area contributed by atoms with Gasteiger partial charge in [0.2, 0.25) is 0 Å². The number of rotatable bonds is 3. The number of benzene rings is 1. The molecule has 1 fully saturated rings. The van der Waals surface area contributed by atoms with Crippen molar-refractivity contribution in [1.82, 2.24) is 5.32 Å². The van der Waals surface area contributed by atoms with Crippen molar-refractivity contribution < 1.29 is 0 Å². The van der Waals surface area contributed by atoms with Gasteiger partial charge in [0.05, 0.1) is 0 Å². The maximum atomic E-state index is 3.66. The minimum absolute atomic E-state index is 0.567. The summed E-state index contributed by atoms with van der Waals surface area (Å²) in [6, 6.07) is 5.31. The SMILES string of the molecule is CSc1cc(C2CCCCN2)c(SC)cc1C. The van der Waals surface area contributed by atoms with Gasteiger partial charge < -0.3 is 5.32 Å². The van der Waals surface area contributed by atoms with Crippen LogP contribution in [0.5, 0.6) is 0 Å². The Balaban J connectivity index is 2.35. The number of piperidine rings is 1. The molecule has 17 heavy (non-hydrogen) atoms. The highest BCUT2D eigenvalue weighted by molar-refractivity contribution is 7.99. The number of nitrogens with one attached hydrogen (secondary N) is 1. The molecule has 1 aliphatic rings. The van der Waals surface area contributed by atoms with E-state index in [9.17, 15) is 0 Å². The standard InChI is InChI=1S/C14H21NS2/c1-10-8-14(17-3)11(9-13(10)16-2)12-6-4-5-7-15-12/h8-9,12,15H,4-7H2,1-3H3. The van der Waals surface area contributed by atoms with E-state index in [1.807, 2.05) is 23.5 Å². The van der Waals surface area contributed by atoms with Gasteiger partial charge in [-0.1, -0.05) is 6.42 Å². The maximum Gasteiger partial charge on any atom is 0.0331 e. The Hall–Kier alpha value is -0.120. The van der Waals surface area contributed by atoms with Crippen LogP contribution in [0.1, 0.15) is 36.4 Å². The second kappa shape index (κ2) is 6.17. The predicted molar refractivity (Wildman–Crippen MR) is 79.3 cm³/mol. The minimum Gasteiger partial charge on any atom is -0.310 e. The minimum atomic E-state index is 0.567. The lowest BCUT2D eigenvalue weighted by Gasteiger charge is -2.26. The third kappa shape index (κ3) is 3.01. The van der Waals surface area contributed by atoms with Crippen molar-refractivity contribution in [2.45, 2.75) is 42.0 Å². The summed E-state index contributed by atoms with van der Waals surface area (Å²) in [5, 5.41) is 3.66. The second-order valence-electron chi connectivity index (χ2n) is 4.57. The monoisotopic (exact) mass is 267 g/mol. The molecule has 0 bridgehead atoms. The van der Waals surface area contributed by atoms with Crippen molar-refractivity contribution in [1.29, 1.82) is 0 Å². The van der Waals surface area contributed by atoms with Crippen molar-refractivity contribution in [2.75, 3.05) is 19.1 Å². The summed E-state index contributed by atoms with van der Waals surface area (Å²) >= 11 is 3.73. The Labute approximate surface area is 113 Å². The van der Waals surface area contributed by atoms with Gasteiger partial charge in [0, 0.05) is 15.8 Å². The van der Waals surface area contributed by atoms with Crippen LogP contribution in [0.4, 0.5) is 0 Å². The third-order valence-electron chi connectivity index (χ3n) is 3.43. The summed E-state index contributed by atoms with van der Waals surface area (Å²) in [4.78, 5) is 2.87. The van der Waals surface area contributed by atoms with Crippen LogP contribution in [0.2, 0.25) is 0 Å². The lowest BCUT2D eigenvalue weighted by atomic mass is 9.97. The predicted octanol–water partition coefficient (Wildman–Crippen LogP) is 4.25. The molecule has 1 heterocycles. The molecular formula is C14H21NS2. The van der Waals surface area contributed by atoms with E-state index in [-0.39, 0.29) is 0 Å². The van der Waals surface area contributed by atoms with Crippen molar-refractivity contribution >= 4 is 23.5 Å². The first kappa shape index (κ1) is 13.3. The Kier molecular flexibility index (Phi) is 4.83. The molecule has 0 spiro atoms. The van der Waals surface area contributed by atoms with E-state index < -0.39 is 0 Å². The molecule has 1 N–H and O–H groups in total. The average Bonchev–Trinajstić information content (AvgIpc) is 2.39. The highest BCUT2D eigenvalue weighted by atomic mass is 32.2. The van der Waals surface area contributed by atoms with Crippen LogP contribution in [0.3, 0.4) is 0 Å². The van der Waals surface area contributed by atoms with Gasteiger partial charge in [-0.25, -0.2) is 0 Å². The summed E-state index contributed by atoms with van der Waals surface area (Å²) in [5.74, 6) is 0. The van der Waals surface area contributed by atoms with Gasteiger partial charge in [0.15, 0.2) is 0 Å². The zero-order chi connectivity index (χ0) is 12.3. The number of aryl methyl sites for hydroxylation is 1. The molecule has 2 rings (SSSR count). The van der Waals surface area contributed by atoms with Gasteiger partial charge in [0.1, 0.15) is 0 Å². The second-order valence-corrected chi connectivity index (χ2v) is 6.26. The lowest BCUT2D eigenvalue weighted by Crippen LogP contribution is -2.27. The van der Waals surface area contributed by atoms with Crippen molar-refractivity contribution in [3.05, 3.63) is 23.3 Å². The van der Waals surface area contributed by atoms with E-state index in [1.165, 1.54) is 46.7 Å². The van der Waals surface area contributed by atoms with Crippen molar-refractivity contribution in [3.63, 3.8) is 0 Å². The zero-order valence-electron chi connectivity index (χ0n) is 10.9. The Morgan fingerprint density at radius 3 is 2.47 bits per heavy atom. The Morgan fingerprint density at radius 1 is 1.12 bits per heavy atom. The van der Waals surface area contributed by atoms with Gasteiger partial charge in [-0.05, 0) is 62.1 Å². The van der Waals surface area contributed by atoms with Gasteiger partial charge >= 0.3 is 0 Å². The van der Waals surface area contributed by atoms with Crippen LogP contribution >= 0.6 is 23.5 Å². The fourth-order valence-corrected chi connectivity index (χ4v) is 3.82. The van der Waals surface area contributed by atoms with E-state index in [4.69, 9.17) is 0 Å². The smallest absolute Gasteiger partial charge is 0.0331 e. The van der Waals surface area contributed by atoms with Gasteiger partial charge in [-0.15, -0.1) is 23.5 Å². The molecule has 1 aromatic rings. The van der Waals surface area contributed by atoms with E-state index >= 15 is 0 Å². The Morgan fingerprint density at radius 2 is 1.88 bits per heavy atom. The molecule has 1 saturated heterocycles. The van der Waals surface area contributed by atoms with Crippen LogP contribution in [0.15, 0.2) is 21.9 Å². The number of thioether (sulfide) groups is 2. The molecule has 1 unspecified atom stereocenters. The first-order valence-electron chi connectivity index (χ1n) is 6.22. The first-order valence-corrected chi connectivity index (χ1v) is 8.67. The molecule has 1 aliphatic heterocycles. The molecule has 1 nitrogen and oxygen atoms in total. The quantitative estimate of drug-likeness (QED) is 0.822. The average molecular weight is 267 g/mol. The summed E-state index contributed by atoms with van der Waals surface area (Å²) in [7, 11) is 0. The van der Waals surface area contributed by atoms with Crippen LogP contribution in [-0.4, -0.2) is 19.1 Å². The highest BCUT2D eigenvalue weighted by Crippen LogP contribution is 2.35. The van der Waals surface area contributed by atoms with Crippen LogP contribution in [-0.2, 0) is 0 Å². The zero-order valence-corrected chi connectivity index (χ0v) is 12.5. The van der Waals surface area contributed by atoms with Gasteiger partial charge in [-0.2, -0.15) is 0 Å². The van der Waals surface area contributed by atoms with E-state index in [1.54, 1.807) is 0 Å². The highest BCUT2D eigenvalue weighted by Gasteiger charge is 2.18.